The van der Waals surface area contributed by atoms with Gasteiger partial charge in [0.2, 0.25) is 0 Å². The van der Waals surface area contributed by atoms with E-state index in [1.807, 2.05) is 38.6 Å². The van der Waals surface area contributed by atoms with Crippen molar-refractivity contribution in [3.63, 3.8) is 0 Å². The molecule has 0 aromatic heterocycles. The molecule has 0 aliphatic heterocycles. The SMILES string of the molecule is C.C.CCC.CN(C)C.COC.CSC. The van der Waals surface area contributed by atoms with Crippen molar-refractivity contribution < 1.29 is 4.74 Å². The van der Waals surface area contributed by atoms with E-state index in [4.69, 9.17) is 0 Å². The molecule has 0 spiro atoms. The van der Waals surface area contributed by atoms with Crippen molar-refractivity contribution in [1.29, 1.82) is 0 Å². The van der Waals surface area contributed by atoms with Gasteiger partial charge in [-0.25, -0.2) is 0 Å². The monoisotopic (exact) mass is 243 g/mol. The van der Waals surface area contributed by atoms with Gasteiger partial charge in [0, 0.05) is 14.2 Å². The topological polar surface area (TPSA) is 12.5 Å². The van der Waals surface area contributed by atoms with Crippen LogP contribution in [0.15, 0.2) is 0 Å². The Hall–Kier alpha value is 0.270. The molecule has 0 aliphatic rings. The molecule has 0 heterocycles. The second kappa shape index (κ2) is 63.9. The number of thioether (sulfide) groups is 1. The predicted octanol–water partition coefficient (Wildman–Crippen LogP) is 4.11. The number of ether oxygens (including phenoxy) is 1. The van der Waals surface area contributed by atoms with Gasteiger partial charge in [0.15, 0.2) is 0 Å². The molecule has 0 saturated heterocycles. The van der Waals surface area contributed by atoms with Crippen LogP contribution >= 0.6 is 11.8 Å². The molecule has 0 radical (unpaired) electrons. The average Bonchev–Trinajstić information content (AvgIpc) is 1.88. The summed E-state index contributed by atoms with van der Waals surface area (Å²) in [5, 5.41) is 0. The van der Waals surface area contributed by atoms with Crippen LogP contribution in [-0.4, -0.2) is 52.8 Å². The summed E-state index contributed by atoms with van der Waals surface area (Å²) in [6, 6.07) is 0. The van der Waals surface area contributed by atoms with Crippen molar-refractivity contribution in [1.82, 2.24) is 4.90 Å². The third-order valence-corrected chi connectivity index (χ3v) is 0. The number of hydrogen-bond acceptors (Lipinski definition) is 3. The lowest BCUT2D eigenvalue weighted by Gasteiger charge is -1.90. The molecule has 0 unspecified atom stereocenters. The standard InChI is InChI=1S/C3H9N.C3H8.C2H6O.C2H6S.2CH4/c1-4(2)3;3*1-3-2;;/h1-3H3;3H2,1-2H3;2*1-2H3;2*1H4. The molecule has 0 fully saturated rings. The van der Waals surface area contributed by atoms with Crippen molar-refractivity contribution >= 4 is 11.8 Å². The van der Waals surface area contributed by atoms with Gasteiger partial charge in [-0.1, -0.05) is 35.1 Å². The maximum absolute atomic E-state index is 4.25. The van der Waals surface area contributed by atoms with Crippen LogP contribution in [0.4, 0.5) is 0 Å². The number of rotatable bonds is 0. The molecule has 0 N–H and O–H groups in total. The fourth-order valence-corrected chi connectivity index (χ4v) is 0. The van der Waals surface area contributed by atoms with Gasteiger partial charge in [-0.15, -0.1) is 0 Å². The molecule has 0 aliphatic carbocycles. The van der Waals surface area contributed by atoms with Gasteiger partial charge in [0.05, 0.1) is 0 Å². The summed E-state index contributed by atoms with van der Waals surface area (Å²) >= 11 is 1.75. The molecule has 0 atom stereocenters. The Balaban J connectivity index is -0.0000000174. The van der Waals surface area contributed by atoms with Gasteiger partial charge in [0.25, 0.3) is 0 Å². The van der Waals surface area contributed by atoms with Gasteiger partial charge in [0.1, 0.15) is 0 Å². The van der Waals surface area contributed by atoms with Gasteiger partial charge in [-0.3, -0.25) is 0 Å². The number of nitrogens with zero attached hydrogens (tertiary/aromatic N) is 1. The van der Waals surface area contributed by atoms with E-state index in [2.05, 4.69) is 18.6 Å². The van der Waals surface area contributed by atoms with E-state index < -0.39 is 0 Å². The van der Waals surface area contributed by atoms with Crippen molar-refractivity contribution in [2.24, 2.45) is 0 Å². The van der Waals surface area contributed by atoms with Crippen molar-refractivity contribution in [2.45, 2.75) is 35.1 Å². The van der Waals surface area contributed by atoms with E-state index >= 15 is 0 Å². The molecule has 0 amide bonds. The Bertz CT molecular complexity index is 37.1. The molecule has 2 nitrogen and oxygen atoms in total. The fourth-order valence-electron chi connectivity index (χ4n) is 0. The summed E-state index contributed by atoms with van der Waals surface area (Å²) in [6.07, 6.45) is 5.33. The zero-order valence-electron chi connectivity index (χ0n) is 11.0. The zero-order chi connectivity index (χ0) is 11.7. The van der Waals surface area contributed by atoms with Gasteiger partial charge < -0.3 is 9.64 Å². The minimum atomic E-state index is 0. The van der Waals surface area contributed by atoms with Gasteiger partial charge >= 0.3 is 0 Å². The Morgan fingerprint density at radius 2 is 0.933 bits per heavy atom. The molecule has 15 heavy (non-hydrogen) atoms. The van der Waals surface area contributed by atoms with Crippen molar-refractivity contribution in [3.05, 3.63) is 0 Å². The highest BCUT2D eigenvalue weighted by atomic mass is 32.2. The molecule has 0 rings (SSSR count). The Morgan fingerprint density at radius 3 is 0.933 bits per heavy atom. The quantitative estimate of drug-likeness (QED) is 0.635. The molecule has 0 bridgehead atoms. The highest BCUT2D eigenvalue weighted by Gasteiger charge is 1.58. The lowest BCUT2D eigenvalue weighted by molar-refractivity contribution is 0.277. The summed E-state index contributed by atoms with van der Waals surface area (Å²) in [6.45, 7) is 4.25. The summed E-state index contributed by atoms with van der Waals surface area (Å²) in [5.74, 6) is 0. The van der Waals surface area contributed by atoms with Crippen LogP contribution in [0.1, 0.15) is 35.1 Å². The predicted molar refractivity (Wildman–Crippen MR) is 81.4 cm³/mol. The number of methoxy groups -OCH3 is 1. The van der Waals surface area contributed by atoms with Crippen LogP contribution < -0.4 is 0 Å². The third-order valence-electron chi connectivity index (χ3n) is 0. The van der Waals surface area contributed by atoms with Gasteiger partial charge in [-0.05, 0) is 33.7 Å². The normalized spacial score (nSPS) is 6.00. The minimum Gasteiger partial charge on any atom is -0.388 e. The molecule has 0 aromatic rings. The molecular weight excluding hydrogens is 206 g/mol. The minimum absolute atomic E-state index is 0. The van der Waals surface area contributed by atoms with Crippen LogP contribution in [0.2, 0.25) is 0 Å². The van der Waals surface area contributed by atoms with Crippen LogP contribution in [0, 0.1) is 0 Å². The maximum Gasteiger partial charge on any atom is 0.0351 e. The molecular formula is C12H37NOS. The molecule has 0 aromatic carbocycles. The fraction of sp³-hybridized carbons (Fsp3) is 1.00. The number of hydrogen-bond donors (Lipinski definition) is 0. The van der Waals surface area contributed by atoms with E-state index in [9.17, 15) is 0 Å². The average molecular weight is 244 g/mol. The lowest BCUT2D eigenvalue weighted by atomic mass is 10.6. The first kappa shape index (κ1) is 36.2. The summed E-state index contributed by atoms with van der Waals surface area (Å²) in [4.78, 5) is 2.00. The Morgan fingerprint density at radius 1 is 0.933 bits per heavy atom. The second-order valence-corrected chi connectivity index (χ2v) is 3.68. The maximum atomic E-state index is 4.25. The molecule has 102 valence electrons. The van der Waals surface area contributed by atoms with Gasteiger partial charge in [-0.2, -0.15) is 11.8 Å². The second-order valence-electron chi connectivity index (χ2n) is 2.87. The van der Waals surface area contributed by atoms with E-state index in [-0.39, 0.29) is 14.9 Å². The first-order chi connectivity index (χ1) is 5.97. The summed E-state index contributed by atoms with van der Waals surface area (Å²) < 4.78 is 4.25. The highest BCUT2D eigenvalue weighted by molar-refractivity contribution is 7.97. The first-order valence-corrected chi connectivity index (χ1v) is 6.02. The van der Waals surface area contributed by atoms with Crippen LogP contribution in [0.5, 0.6) is 0 Å². The summed E-state index contributed by atoms with van der Waals surface area (Å²) in [5.41, 5.74) is 0. The van der Waals surface area contributed by atoms with Crippen LogP contribution in [-0.2, 0) is 4.74 Å². The largest absolute Gasteiger partial charge is 0.388 e. The smallest absolute Gasteiger partial charge is 0.0351 e. The van der Waals surface area contributed by atoms with Crippen LogP contribution in [0.3, 0.4) is 0 Å². The van der Waals surface area contributed by atoms with E-state index in [1.165, 1.54) is 6.42 Å². The van der Waals surface area contributed by atoms with E-state index in [0.717, 1.165) is 0 Å². The third kappa shape index (κ3) is 29500. The van der Waals surface area contributed by atoms with Crippen molar-refractivity contribution in [3.8, 4) is 0 Å². The summed E-state index contributed by atoms with van der Waals surface area (Å²) in [7, 11) is 9.25. The lowest BCUT2D eigenvalue weighted by Crippen LogP contribution is -1.99. The zero-order valence-corrected chi connectivity index (χ0v) is 11.8. The van der Waals surface area contributed by atoms with Crippen molar-refractivity contribution in [2.75, 3.05) is 47.9 Å². The first-order valence-electron chi connectivity index (χ1n) is 4.39. The van der Waals surface area contributed by atoms with E-state index in [1.54, 1.807) is 26.0 Å². The Kier molecular flexibility index (Phi) is 154. The molecule has 3 heteroatoms. The van der Waals surface area contributed by atoms with Crippen LogP contribution in [0.25, 0.3) is 0 Å². The Labute approximate surface area is 105 Å². The van der Waals surface area contributed by atoms with E-state index in [0.29, 0.717) is 0 Å². The highest BCUT2D eigenvalue weighted by Crippen LogP contribution is 1.70. The molecule has 0 saturated carbocycles.